The molecule has 3 aromatic heterocycles. The number of halogens is 1. The smallest absolute Gasteiger partial charge is 0.252 e. The quantitative estimate of drug-likeness (QED) is 0.176. The molecule has 2 N–H and O–H groups in total. The SMILES string of the molecule is O=C(NCc1ccccn1)c1c2cccnc2c(OC(c2ccccc2)c2ccccc2)c2c(O)n(Cc3ccc(F)cc3)cc12. The maximum Gasteiger partial charge on any atom is 0.252 e. The first kappa shape index (κ1) is 28.7. The molecule has 7 rings (SSSR count). The molecule has 46 heavy (non-hydrogen) atoms. The minimum Gasteiger partial charge on any atom is -0.494 e. The second-order valence-corrected chi connectivity index (χ2v) is 10.9. The zero-order valence-corrected chi connectivity index (χ0v) is 24.7. The number of pyridine rings is 2. The Labute approximate surface area is 264 Å². The molecule has 0 unspecified atom stereocenters. The number of ether oxygens (including phenoxy) is 1. The number of fused-ring (bicyclic) bond motifs is 2. The summed E-state index contributed by atoms with van der Waals surface area (Å²) in [5.74, 6) is -0.444. The number of hydrogen-bond donors (Lipinski definition) is 2. The molecule has 7 nitrogen and oxygen atoms in total. The molecule has 0 aliphatic heterocycles. The van der Waals surface area contributed by atoms with E-state index in [4.69, 9.17) is 9.72 Å². The fraction of sp³-hybridized carbons (Fsp3) is 0.0789. The van der Waals surface area contributed by atoms with Crippen LogP contribution in [0.4, 0.5) is 4.39 Å². The van der Waals surface area contributed by atoms with Gasteiger partial charge in [0.25, 0.3) is 5.91 Å². The van der Waals surface area contributed by atoms with E-state index in [2.05, 4.69) is 10.3 Å². The average molecular weight is 609 g/mol. The van der Waals surface area contributed by atoms with Crippen molar-refractivity contribution in [1.29, 1.82) is 0 Å². The summed E-state index contributed by atoms with van der Waals surface area (Å²) in [5, 5.41) is 16.3. The third-order valence-electron chi connectivity index (χ3n) is 7.93. The van der Waals surface area contributed by atoms with Gasteiger partial charge in [-0.15, -0.1) is 0 Å². The molecule has 7 aromatic rings. The first-order valence-electron chi connectivity index (χ1n) is 14.9. The molecule has 0 spiro atoms. The lowest BCUT2D eigenvalue weighted by molar-refractivity contribution is 0.0953. The number of carbonyl (C=O) groups is 1. The first-order chi connectivity index (χ1) is 22.6. The van der Waals surface area contributed by atoms with Crippen molar-refractivity contribution < 1.29 is 19.0 Å². The van der Waals surface area contributed by atoms with Gasteiger partial charge in [0.1, 0.15) is 17.4 Å². The number of nitrogens with zero attached hydrogens (tertiary/aromatic N) is 3. The summed E-state index contributed by atoms with van der Waals surface area (Å²) < 4.78 is 22.2. The van der Waals surface area contributed by atoms with Gasteiger partial charge in [-0.05, 0) is 47.0 Å². The molecular formula is C38H29FN4O3. The zero-order chi connectivity index (χ0) is 31.5. The molecule has 0 bridgehead atoms. The summed E-state index contributed by atoms with van der Waals surface area (Å²) in [5.41, 5.74) is 4.09. The van der Waals surface area contributed by atoms with E-state index < -0.39 is 6.10 Å². The van der Waals surface area contributed by atoms with Crippen molar-refractivity contribution >= 4 is 27.6 Å². The Hall–Kier alpha value is -6.02. The molecular weight excluding hydrogens is 579 g/mol. The minimum absolute atomic E-state index is 0.0967. The van der Waals surface area contributed by atoms with E-state index in [9.17, 15) is 14.3 Å². The van der Waals surface area contributed by atoms with Gasteiger partial charge in [0.2, 0.25) is 5.88 Å². The third-order valence-corrected chi connectivity index (χ3v) is 7.93. The fourth-order valence-electron chi connectivity index (χ4n) is 5.74. The van der Waals surface area contributed by atoms with Crippen molar-refractivity contribution in [2.75, 3.05) is 0 Å². The van der Waals surface area contributed by atoms with Crippen molar-refractivity contribution in [1.82, 2.24) is 19.9 Å². The summed E-state index contributed by atoms with van der Waals surface area (Å²) in [6, 6.07) is 34.9. The Morgan fingerprint density at radius 2 is 1.48 bits per heavy atom. The highest BCUT2D eigenvalue weighted by Gasteiger charge is 2.28. The highest BCUT2D eigenvalue weighted by molar-refractivity contribution is 6.21. The lowest BCUT2D eigenvalue weighted by Crippen LogP contribution is -2.24. The molecule has 0 saturated heterocycles. The van der Waals surface area contributed by atoms with Crippen LogP contribution in [0.5, 0.6) is 11.6 Å². The van der Waals surface area contributed by atoms with Gasteiger partial charge in [0.05, 0.1) is 29.7 Å². The van der Waals surface area contributed by atoms with E-state index in [1.165, 1.54) is 12.1 Å². The van der Waals surface area contributed by atoms with E-state index >= 15 is 0 Å². The number of amides is 1. The van der Waals surface area contributed by atoms with Crippen LogP contribution < -0.4 is 10.1 Å². The molecule has 0 atom stereocenters. The number of nitrogens with one attached hydrogen (secondary N) is 1. The van der Waals surface area contributed by atoms with Crippen LogP contribution in [-0.4, -0.2) is 25.5 Å². The minimum atomic E-state index is -0.542. The molecule has 0 radical (unpaired) electrons. The number of carbonyl (C=O) groups excluding carboxylic acids is 1. The number of aromatic nitrogens is 3. The van der Waals surface area contributed by atoms with E-state index in [-0.39, 0.29) is 30.7 Å². The molecule has 1 amide bonds. The van der Waals surface area contributed by atoms with Crippen molar-refractivity contribution in [3.63, 3.8) is 0 Å². The third kappa shape index (κ3) is 5.64. The number of rotatable bonds is 9. The van der Waals surface area contributed by atoms with Crippen LogP contribution in [0.1, 0.15) is 38.8 Å². The summed E-state index contributed by atoms with van der Waals surface area (Å²) in [6.45, 7) is 0.452. The zero-order valence-electron chi connectivity index (χ0n) is 24.7. The molecule has 0 aliphatic rings. The van der Waals surface area contributed by atoms with Crippen LogP contribution >= 0.6 is 0 Å². The van der Waals surface area contributed by atoms with Crippen molar-refractivity contribution in [2.45, 2.75) is 19.2 Å². The highest BCUT2D eigenvalue weighted by Crippen LogP contribution is 2.45. The van der Waals surface area contributed by atoms with Crippen molar-refractivity contribution in [3.05, 3.63) is 168 Å². The molecule has 4 aromatic carbocycles. The maximum atomic E-state index is 14.0. The van der Waals surface area contributed by atoms with E-state index in [1.807, 2.05) is 84.9 Å². The standard InChI is InChI=1S/C38H29FN4O3/c39-28-18-16-25(17-19-28)23-43-24-31-32(37(44)42-22-29-14-7-8-20-40-29)30-15-9-21-41-34(30)36(33(31)38(43)45)46-35(26-10-3-1-4-11-26)27-12-5-2-6-13-27/h1-21,24,35,45H,22-23H2,(H,42,44). The molecule has 226 valence electrons. The number of hydrogen-bond acceptors (Lipinski definition) is 5. The van der Waals surface area contributed by atoms with Crippen LogP contribution in [0, 0.1) is 5.82 Å². The Kier molecular flexibility index (Phi) is 7.83. The molecule has 8 heteroatoms. The summed E-state index contributed by atoms with van der Waals surface area (Å²) in [6.07, 6.45) is 4.51. The van der Waals surface area contributed by atoms with Gasteiger partial charge in [-0.1, -0.05) is 84.9 Å². The van der Waals surface area contributed by atoms with E-state index in [0.29, 0.717) is 38.7 Å². The lowest BCUT2D eigenvalue weighted by atomic mass is 9.99. The van der Waals surface area contributed by atoms with Crippen molar-refractivity contribution in [3.8, 4) is 11.6 Å². The second-order valence-electron chi connectivity index (χ2n) is 10.9. The topological polar surface area (TPSA) is 89.3 Å². The van der Waals surface area contributed by atoms with Gasteiger partial charge >= 0.3 is 0 Å². The van der Waals surface area contributed by atoms with Crippen LogP contribution in [0.25, 0.3) is 21.7 Å². The van der Waals surface area contributed by atoms with Gasteiger partial charge in [0, 0.05) is 29.4 Å². The molecule has 0 aliphatic carbocycles. The summed E-state index contributed by atoms with van der Waals surface area (Å²) in [7, 11) is 0. The average Bonchev–Trinajstić information content (AvgIpc) is 3.42. The van der Waals surface area contributed by atoms with Gasteiger partial charge in [-0.25, -0.2) is 4.39 Å². The Morgan fingerprint density at radius 1 is 0.804 bits per heavy atom. The predicted molar refractivity (Wildman–Crippen MR) is 175 cm³/mol. The predicted octanol–water partition coefficient (Wildman–Crippen LogP) is 7.58. The van der Waals surface area contributed by atoms with Gasteiger partial charge < -0.3 is 19.7 Å². The maximum absolute atomic E-state index is 14.0. The Morgan fingerprint density at radius 3 is 2.15 bits per heavy atom. The summed E-state index contributed by atoms with van der Waals surface area (Å²) in [4.78, 5) is 23.0. The lowest BCUT2D eigenvalue weighted by Gasteiger charge is -2.22. The molecule has 3 heterocycles. The molecule has 0 fully saturated rings. The number of aromatic hydroxyl groups is 1. The first-order valence-corrected chi connectivity index (χ1v) is 14.9. The number of benzene rings is 4. The molecule has 0 saturated carbocycles. The Balaban J connectivity index is 1.43. The van der Waals surface area contributed by atoms with Gasteiger partial charge in [-0.2, -0.15) is 0 Å². The largest absolute Gasteiger partial charge is 0.494 e. The highest BCUT2D eigenvalue weighted by atomic mass is 19.1. The van der Waals surface area contributed by atoms with Gasteiger partial charge in [-0.3, -0.25) is 14.8 Å². The van der Waals surface area contributed by atoms with E-state index in [1.54, 1.807) is 41.4 Å². The van der Waals surface area contributed by atoms with Crippen LogP contribution in [-0.2, 0) is 13.1 Å². The van der Waals surface area contributed by atoms with Crippen LogP contribution in [0.15, 0.2) is 134 Å². The summed E-state index contributed by atoms with van der Waals surface area (Å²) >= 11 is 0. The second kappa shape index (κ2) is 12.5. The van der Waals surface area contributed by atoms with Crippen LogP contribution in [0.2, 0.25) is 0 Å². The monoisotopic (exact) mass is 608 g/mol. The van der Waals surface area contributed by atoms with E-state index in [0.717, 1.165) is 16.7 Å². The Bertz CT molecular complexity index is 2100. The fourth-order valence-corrected chi connectivity index (χ4v) is 5.74. The van der Waals surface area contributed by atoms with Crippen LogP contribution in [0.3, 0.4) is 0 Å². The van der Waals surface area contributed by atoms with Gasteiger partial charge in [0.15, 0.2) is 5.75 Å². The normalized spacial score (nSPS) is 11.3. The van der Waals surface area contributed by atoms with Crippen molar-refractivity contribution in [2.24, 2.45) is 0 Å².